The molecule has 0 atom stereocenters. The molecule has 10 heteroatoms. The summed E-state index contributed by atoms with van der Waals surface area (Å²) in [6.45, 7) is 0. The van der Waals surface area contributed by atoms with Gasteiger partial charge in [-0.05, 0) is 17.8 Å². The maximum atomic E-state index is 10.7. The van der Waals surface area contributed by atoms with Crippen molar-refractivity contribution < 1.29 is 4.79 Å². The van der Waals surface area contributed by atoms with Crippen LogP contribution < -0.4 is 5.73 Å². The highest BCUT2D eigenvalue weighted by molar-refractivity contribution is 8.03. The minimum Gasteiger partial charge on any atom is -0.369 e. The Balaban J connectivity index is 1.77. The van der Waals surface area contributed by atoms with Gasteiger partial charge in [0, 0.05) is 6.20 Å². The topological polar surface area (TPSA) is 110 Å². The summed E-state index contributed by atoms with van der Waals surface area (Å²) in [5.74, 6) is -0.168. The van der Waals surface area contributed by atoms with E-state index < -0.39 is 0 Å². The summed E-state index contributed by atoms with van der Waals surface area (Å²) in [6, 6.07) is 1.92. The lowest BCUT2D eigenvalue weighted by Crippen LogP contribution is -2.12. The van der Waals surface area contributed by atoms with Gasteiger partial charge in [-0.25, -0.2) is 9.97 Å². The van der Waals surface area contributed by atoms with Gasteiger partial charge < -0.3 is 10.7 Å². The van der Waals surface area contributed by atoms with Crippen molar-refractivity contribution in [3.05, 3.63) is 18.6 Å². The van der Waals surface area contributed by atoms with Crippen molar-refractivity contribution >= 4 is 51.8 Å². The summed E-state index contributed by atoms with van der Waals surface area (Å²) in [5, 5.41) is 9.83. The number of fused-ring (bicyclic) bond motifs is 1. The molecular formula is C10H8N6OS3. The van der Waals surface area contributed by atoms with E-state index in [-0.39, 0.29) is 11.7 Å². The molecule has 0 aliphatic heterocycles. The van der Waals surface area contributed by atoms with Gasteiger partial charge >= 0.3 is 0 Å². The Labute approximate surface area is 125 Å². The molecule has 3 rings (SSSR count). The molecule has 0 aromatic carbocycles. The van der Waals surface area contributed by atoms with Gasteiger partial charge in [0.05, 0.1) is 11.1 Å². The van der Waals surface area contributed by atoms with Gasteiger partial charge in [-0.3, -0.25) is 4.79 Å². The monoisotopic (exact) mass is 324 g/mol. The van der Waals surface area contributed by atoms with Gasteiger partial charge in [0.2, 0.25) is 5.91 Å². The lowest BCUT2D eigenvalue weighted by atomic mass is 10.4. The first-order chi connectivity index (χ1) is 9.72. The number of carbonyl (C=O) groups excluding carboxylic acids is 1. The van der Waals surface area contributed by atoms with Crippen LogP contribution in [0.15, 0.2) is 32.3 Å². The predicted molar refractivity (Wildman–Crippen MR) is 77.8 cm³/mol. The van der Waals surface area contributed by atoms with Crippen LogP contribution in [-0.4, -0.2) is 36.8 Å². The van der Waals surface area contributed by atoms with E-state index in [1.54, 1.807) is 0 Å². The summed E-state index contributed by atoms with van der Waals surface area (Å²) < 4.78 is 1.48. The second kappa shape index (κ2) is 5.77. The average molecular weight is 324 g/mol. The van der Waals surface area contributed by atoms with Crippen LogP contribution in [0.25, 0.3) is 11.0 Å². The number of nitrogens with two attached hydrogens (primary N) is 1. The smallest absolute Gasteiger partial charge is 0.227 e. The molecule has 0 bridgehead atoms. The lowest BCUT2D eigenvalue weighted by molar-refractivity contribution is -0.115. The number of H-pyrrole nitrogens is 1. The third kappa shape index (κ3) is 2.92. The van der Waals surface area contributed by atoms with Crippen LogP contribution in [0.1, 0.15) is 0 Å². The second-order valence-electron chi connectivity index (χ2n) is 3.61. The van der Waals surface area contributed by atoms with Crippen molar-refractivity contribution in [2.75, 3.05) is 5.75 Å². The van der Waals surface area contributed by atoms with E-state index in [9.17, 15) is 4.79 Å². The maximum Gasteiger partial charge on any atom is 0.227 e. The normalized spacial score (nSPS) is 11.0. The van der Waals surface area contributed by atoms with Gasteiger partial charge in [-0.2, -0.15) is 0 Å². The molecule has 3 aromatic heterocycles. The highest BCUT2D eigenvalue weighted by Crippen LogP contribution is 2.34. The first kappa shape index (κ1) is 13.3. The molecule has 0 saturated carbocycles. The number of thioether (sulfide) groups is 1. The number of hydrogen-bond acceptors (Lipinski definition) is 8. The third-order valence-corrected chi connectivity index (χ3v) is 5.38. The van der Waals surface area contributed by atoms with Crippen molar-refractivity contribution in [2.45, 2.75) is 13.7 Å². The number of amides is 1. The zero-order chi connectivity index (χ0) is 13.9. The number of rotatable bonds is 5. The second-order valence-corrected chi connectivity index (χ2v) is 7.05. The van der Waals surface area contributed by atoms with Crippen LogP contribution in [0.2, 0.25) is 0 Å². The van der Waals surface area contributed by atoms with Crippen molar-refractivity contribution in [3.63, 3.8) is 0 Å². The molecule has 0 saturated heterocycles. The molecule has 0 aliphatic rings. The van der Waals surface area contributed by atoms with Crippen LogP contribution in [0.3, 0.4) is 0 Å². The van der Waals surface area contributed by atoms with Crippen LogP contribution in [-0.2, 0) is 4.79 Å². The summed E-state index contributed by atoms with van der Waals surface area (Å²) in [4.78, 5) is 22.1. The number of aromatic amines is 1. The lowest BCUT2D eigenvalue weighted by Gasteiger charge is -1.97. The average Bonchev–Trinajstić information content (AvgIpc) is 3.05. The molecule has 0 aliphatic carbocycles. The van der Waals surface area contributed by atoms with Crippen LogP contribution in [0.4, 0.5) is 0 Å². The Bertz CT molecular complexity index is 754. The van der Waals surface area contributed by atoms with Crippen molar-refractivity contribution in [1.82, 2.24) is 25.1 Å². The first-order valence-corrected chi connectivity index (χ1v) is 8.05. The van der Waals surface area contributed by atoms with Crippen LogP contribution >= 0.6 is 34.9 Å². The summed E-state index contributed by atoms with van der Waals surface area (Å²) >= 11 is 4.11. The molecule has 20 heavy (non-hydrogen) atoms. The zero-order valence-corrected chi connectivity index (χ0v) is 12.4. The Morgan fingerprint density at radius 1 is 1.35 bits per heavy atom. The molecule has 0 fully saturated rings. The maximum absolute atomic E-state index is 10.7. The number of nitrogens with one attached hydrogen (secondary N) is 1. The Morgan fingerprint density at radius 3 is 3.05 bits per heavy atom. The van der Waals surface area contributed by atoms with Crippen molar-refractivity contribution in [3.8, 4) is 0 Å². The van der Waals surface area contributed by atoms with Crippen LogP contribution in [0.5, 0.6) is 0 Å². The van der Waals surface area contributed by atoms with E-state index in [2.05, 4.69) is 25.1 Å². The SMILES string of the molecule is NC(=O)CSc1nnc(Sc2ncnc3[nH]ccc23)s1. The highest BCUT2D eigenvalue weighted by atomic mass is 32.2. The molecule has 102 valence electrons. The standard InChI is InChI=1S/C10H8N6OS3/c11-6(17)3-18-9-15-16-10(20-9)19-8-5-1-2-12-7(5)13-4-14-8/h1-2,4H,3H2,(H2,11,17)(H,12,13,14). The largest absolute Gasteiger partial charge is 0.369 e. The molecular weight excluding hydrogens is 316 g/mol. The quantitative estimate of drug-likeness (QED) is 0.541. The molecule has 0 radical (unpaired) electrons. The fourth-order valence-electron chi connectivity index (χ4n) is 1.44. The van der Waals surface area contributed by atoms with Gasteiger partial charge in [0.1, 0.15) is 17.0 Å². The van der Waals surface area contributed by atoms with Gasteiger partial charge in [0.25, 0.3) is 0 Å². The molecule has 1 amide bonds. The summed E-state index contributed by atoms with van der Waals surface area (Å²) in [7, 11) is 0. The minimum absolute atomic E-state index is 0.203. The molecule has 3 aromatic rings. The molecule has 0 unspecified atom stereocenters. The molecule has 7 nitrogen and oxygen atoms in total. The van der Waals surface area contributed by atoms with Crippen LogP contribution in [0, 0.1) is 0 Å². The van der Waals surface area contributed by atoms with E-state index in [1.165, 1.54) is 41.2 Å². The minimum atomic E-state index is -0.371. The first-order valence-electron chi connectivity index (χ1n) is 5.43. The molecule has 0 spiro atoms. The highest BCUT2D eigenvalue weighted by Gasteiger charge is 2.11. The van der Waals surface area contributed by atoms with E-state index in [4.69, 9.17) is 5.73 Å². The number of aromatic nitrogens is 5. The molecule has 3 N–H and O–H groups in total. The van der Waals surface area contributed by atoms with E-state index in [0.717, 1.165) is 20.4 Å². The fourth-order valence-corrected chi connectivity index (χ4v) is 4.19. The predicted octanol–water partition coefficient (Wildman–Crippen LogP) is 1.54. The summed E-state index contributed by atoms with van der Waals surface area (Å²) in [5.41, 5.74) is 5.88. The van der Waals surface area contributed by atoms with E-state index in [1.807, 2.05) is 12.3 Å². The van der Waals surface area contributed by atoms with Gasteiger partial charge in [-0.15, -0.1) is 10.2 Å². The Morgan fingerprint density at radius 2 is 2.20 bits per heavy atom. The zero-order valence-electron chi connectivity index (χ0n) is 9.94. The number of carbonyl (C=O) groups is 1. The number of hydrogen-bond donors (Lipinski definition) is 2. The van der Waals surface area contributed by atoms with Crippen molar-refractivity contribution in [2.24, 2.45) is 5.73 Å². The Hall–Kier alpha value is -1.65. The van der Waals surface area contributed by atoms with Gasteiger partial charge in [-0.1, -0.05) is 23.1 Å². The van der Waals surface area contributed by atoms with Gasteiger partial charge in [0.15, 0.2) is 8.68 Å². The summed E-state index contributed by atoms with van der Waals surface area (Å²) in [6.07, 6.45) is 3.32. The Kier molecular flexibility index (Phi) is 3.85. The number of nitrogens with zero attached hydrogens (tertiary/aromatic N) is 4. The van der Waals surface area contributed by atoms with E-state index in [0.29, 0.717) is 4.34 Å². The third-order valence-electron chi connectivity index (χ3n) is 2.23. The fraction of sp³-hybridized carbons (Fsp3) is 0.100. The number of primary amides is 1. The molecule has 3 heterocycles. The van der Waals surface area contributed by atoms with Crippen molar-refractivity contribution in [1.29, 1.82) is 0 Å². The van der Waals surface area contributed by atoms with E-state index >= 15 is 0 Å².